The molecule has 0 aliphatic carbocycles. The summed E-state index contributed by atoms with van der Waals surface area (Å²) in [5.41, 5.74) is 4.82. The second-order valence-electron chi connectivity index (χ2n) is 7.39. The van der Waals surface area contributed by atoms with E-state index in [-0.39, 0.29) is 11.9 Å². The van der Waals surface area contributed by atoms with Gasteiger partial charge in [0.25, 0.3) is 0 Å². The molecule has 0 fully saturated rings. The summed E-state index contributed by atoms with van der Waals surface area (Å²) in [5.74, 6) is 1.57. The minimum Gasteiger partial charge on any atom is -0.363 e. The van der Waals surface area contributed by atoms with Gasteiger partial charge >= 0.3 is 0 Å². The van der Waals surface area contributed by atoms with Crippen LogP contribution in [0.3, 0.4) is 0 Å². The number of rotatable bonds is 4. The number of halogens is 1. The van der Waals surface area contributed by atoms with Gasteiger partial charge in [0.15, 0.2) is 0 Å². The monoisotopic (exact) mass is 377 g/mol. The summed E-state index contributed by atoms with van der Waals surface area (Å²) in [7, 11) is 0. The Hall–Kier alpha value is -3.02. The number of hydrogen-bond acceptors (Lipinski definition) is 5. The van der Waals surface area contributed by atoms with Gasteiger partial charge in [-0.3, -0.25) is 0 Å². The van der Waals surface area contributed by atoms with E-state index < -0.39 is 0 Å². The zero-order valence-corrected chi connectivity index (χ0v) is 16.4. The van der Waals surface area contributed by atoms with E-state index in [0.717, 1.165) is 47.0 Å². The van der Waals surface area contributed by atoms with Gasteiger partial charge in [0.2, 0.25) is 0 Å². The third-order valence-electron chi connectivity index (χ3n) is 5.27. The summed E-state index contributed by atoms with van der Waals surface area (Å²) in [5, 5.41) is 3.45. The van der Waals surface area contributed by atoms with Crippen LogP contribution in [0.25, 0.3) is 0 Å². The van der Waals surface area contributed by atoms with E-state index in [9.17, 15) is 4.39 Å². The predicted molar refractivity (Wildman–Crippen MR) is 109 cm³/mol. The summed E-state index contributed by atoms with van der Waals surface area (Å²) < 4.78 is 14.0. The van der Waals surface area contributed by atoms with Crippen molar-refractivity contribution in [3.63, 3.8) is 0 Å². The van der Waals surface area contributed by atoms with E-state index in [1.807, 2.05) is 32.2 Å². The molecule has 0 spiro atoms. The molecule has 28 heavy (non-hydrogen) atoms. The van der Waals surface area contributed by atoms with Gasteiger partial charge in [-0.25, -0.2) is 19.3 Å². The number of nitrogens with one attached hydrogen (secondary N) is 1. The van der Waals surface area contributed by atoms with Gasteiger partial charge in [-0.15, -0.1) is 0 Å². The minimum absolute atomic E-state index is 0.0676. The fourth-order valence-electron chi connectivity index (χ4n) is 3.48. The number of fused-ring (bicyclic) bond motifs is 1. The molecule has 4 rings (SSSR count). The average Bonchev–Trinajstić information content (AvgIpc) is 2.70. The lowest BCUT2D eigenvalue weighted by molar-refractivity contribution is 0.614. The Morgan fingerprint density at radius 2 is 1.96 bits per heavy atom. The number of pyridine rings is 1. The molecule has 3 aromatic rings. The summed E-state index contributed by atoms with van der Waals surface area (Å²) in [6.45, 7) is 7.39. The van der Waals surface area contributed by atoms with Crippen molar-refractivity contribution < 1.29 is 4.39 Å². The standard InChI is InChI=1S/C22H24FN5/c1-14-4-7-21(24-11-14)28-9-8-20-18(12-28)22(26-13-25-20)27-16(3)17-6-5-15(2)19(23)10-17/h4-7,10-11,13,16H,8-9,12H2,1-3H3,(H,25,26,27). The summed E-state index contributed by atoms with van der Waals surface area (Å²) in [6, 6.07) is 9.40. The van der Waals surface area contributed by atoms with Crippen molar-refractivity contribution in [3.8, 4) is 0 Å². The second-order valence-corrected chi connectivity index (χ2v) is 7.39. The highest BCUT2D eigenvalue weighted by atomic mass is 19.1. The summed E-state index contributed by atoms with van der Waals surface area (Å²) >= 11 is 0. The maximum absolute atomic E-state index is 14.0. The lowest BCUT2D eigenvalue weighted by atomic mass is 10.0. The van der Waals surface area contributed by atoms with E-state index in [1.165, 1.54) is 0 Å². The van der Waals surface area contributed by atoms with Crippen molar-refractivity contribution >= 4 is 11.6 Å². The van der Waals surface area contributed by atoms with Gasteiger partial charge in [0, 0.05) is 31.3 Å². The normalized spacial score (nSPS) is 14.5. The Labute approximate surface area is 164 Å². The zero-order chi connectivity index (χ0) is 19.7. The van der Waals surface area contributed by atoms with Crippen molar-refractivity contribution in [2.75, 3.05) is 16.8 Å². The first-order valence-corrected chi connectivity index (χ1v) is 9.54. The molecule has 0 saturated heterocycles. The maximum atomic E-state index is 14.0. The lowest BCUT2D eigenvalue weighted by Crippen LogP contribution is -2.32. The van der Waals surface area contributed by atoms with Crippen molar-refractivity contribution in [2.24, 2.45) is 0 Å². The quantitative estimate of drug-likeness (QED) is 0.732. The Balaban J connectivity index is 1.58. The Morgan fingerprint density at radius 3 is 2.71 bits per heavy atom. The molecule has 2 aromatic heterocycles. The largest absolute Gasteiger partial charge is 0.363 e. The highest BCUT2D eigenvalue weighted by molar-refractivity contribution is 5.53. The number of anilines is 2. The molecule has 1 N–H and O–H groups in total. The van der Waals surface area contributed by atoms with Gasteiger partial charge in [-0.2, -0.15) is 0 Å². The van der Waals surface area contributed by atoms with Crippen molar-refractivity contribution in [3.05, 3.63) is 76.6 Å². The van der Waals surface area contributed by atoms with Crippen LogP contribution in [-0.2, 0) is 13.0 Å². The highest BCUT2D eigenvalue weighted by Crippen LogP contribution is 2.28. The van der Waals surface area contributed by atoms with Gasteiger partial charge < -0.3 is 10.2 Å². The van der Waals surface area contributed by atoms with E-state index in [4.69, 9.17) is 0 Å². The molecule has 3 heterocycles. The van der Waals surface area contributed by atoms with E-state index in [0.29, 0.717) is 12.1 Å². The second kappa shape index (κ2) is 7.54. The highest BCUT2D eigenvalue weighted by Gasteiger charge is 2.23. The van der Waals surface area contributed by atoms with Crippen LogP contribution in [0.5, 0.6) is 0 Å². The predicted octanol–water partition coefficient (Wildman–Crippen LogP) is 4.36. The average molecular weight is 377 g/mol. The number of aromatic nitrogens is 3. The first kappa shape index (κ1) is 18.3. The molecule has 1 atom stereocenters. The van der Waals surface area contributed by atoms with E-state index >= 15 is 0 Å². The molecule has 1 aliphatic rings. The van der Waals surface area contributed by atoms with E-state index in [1.54, 1.807) is 19.3 Å². The number of aryl methyl sites for hydroxylation is 2. The first-order chi connectivity index (χ1) is 13.5. The van der Waals surface area contributed by atoms with Crippen LogP contribution in [0, 0.1) is 19.7 Å². The van der Waals surface area contributed by atoms with Gasteiger partial charge in [0.05, 0.1) is 11.7 Å². The number of benzene rings is 1. The van der Waals surface area contributed by atoms with E-state index in [2.05, 4.69) is 37.3 Å². The minimum atomic E-state index is -0.188. The van der Waals surface area contributed by atoms with Crippen LogP contribution in [0.2, 0.25) is 0 Å². The molecule has 0 amide bonds. The SMILES string of the molecule is Cc1ccc(N2CCc3ncnc(NC(C)c4ccc(C)c(F)c4)c3C2)nc1. The maximum Gasteiger partial charge on any atom is 0.135 e. The van der Waals surface area contributed by atoms with Crippen LogP contribution >= 0.6 is 0 Å². The fraction of sp³-hybridized carbons (Fsp3) is 0.318. The third-order valence-corrected chi connectivity index (χ3v) is 5.27. The molecule has 6 heteroatoms. The Morgan fingerprint density at radius 1 is 1.11 bits per heavy atom. The molecular formula is C22H24FN5. The molecule has 0 saturated carbocycles. The fourth-order valence-corrected chi connectivity index (χ4v) is 3.48. The van der Waals surface area contributed by atoms with Crippen LogP contribution in [-0.4, -0.2) is 21.5 Å². The number of nitrogens with zero attached hydrogens (tertiary/aromatic N) is 4. The molecule has 144 valence electrons. The van der Waals surface area contributed by atoms with Crippen molar-refractivity contribution in [1.29, 1.82) is 0 Å². The molecule has 5 nitrogen and oxygen atoms in total. The van der Waals surface area contributed by atoms with Crippen LogP contribution in [0.1, 0.15) is 40.9 Å². The number of hydrogen-bond donors (Lipinski definition) is 1. The molecule has 0 radical (unpaired) electrons. The van der Waals surface area contributed by atoms with Crippen molar-refractivity contribution in [1.82, 2.24) is 15.0 Å². The molecule has 0 bridgehead atoms. The van der Waals surface area contributed by atoms with Crippen molar-refractivity contribution in [2.45, 2.75) is 39.8 Å². The van der Waals surface area contributed by atoms with Crippen LogP contribution in [0.15, 0.2) is 42.9 Å². The topological polar surface area (TPSA) is 53.9 Å². The van der Waals surface area contributed by atoms with Crippen LogP contribution in [0.4, 0.5) is 16.0 Å². The molecular weight excluding hydrogens is 353 g/mol. The van der Waals surface area contributed by atoms with Crippen LogP contribution < -0.4 is 10.2 Å². The third kappa shape index (κ3) is 3.67. The lowest BCUT2D eigenvalue weighted by Gasteiger charge is -2.30. The Bertz CT molecular complexity index is 987. The Kier molecular flexibility index (Phi) is 4.94. The molecule has 1 aromatic carbocycles. The molecule has 1 aliphatic heterocycles. The van der Waals surface area contributed by atoms with Gasteiger partial charge in [-0.05, 0) is 49.6 Å². The first-order valence-electron chi connectivity index (χ1n) is 9.54. The molecule has 1 unspecified atom stereocenters. The smallest absolute Gasteiger partial charge is 0.135 e. The summed E-state index contributed by atoms with van der Waals surface area (Å²) in [4.78, 5) is 15.7. The van der Waals surface area contributed by atoms with Gasteiger partial charge in [-0.1, -0.05) is 18.2 Å². The summed E-state index contributed by atoms with van der Waals surface area (Å²) in [6.07, 6.45) is 4.33. The van der Waals surface area contributed by atoms with Gasteiger partial charge in [0.1, 0.15) is 23.8 Å². The zero-order valence-electron chi connectivity index (χ0n) is 16.4.